The zero-order valence-electron chi connectivity index (χ0n) is 22.5. The summed E-state index contributed by atoms with van der Waals surface area (Å²) < 4.78 is 26.9. The first-order valence-corrected chi connectivity index (χ1v) is 13.1. The highest BCUT2D eigenvalue weighted by molar-refractivity contribution is 5.92. The molecule has 4 aromatic rings. The monoisotopic (exact) mass is 540 g/mol. The predicted molar refractivity (Wildman–Crippen MR) is 154 cm³/mol. The van der Waals surface area contributed by atoms with Crippen LogP contribution in [0.1, 0.15) is 23.2 Å². The van der Waals surface area contributed by atoms with Gasteiger partial charge in [-0.25, -0.2) is 9.59 Å². The molecule has 0 aliphatic rings. The number of esters is 2. The Bertz CT molecular complexity index is 1430. The number of hydrogen-bond donors (Lipinski definition) is 0. The van der Waals surface area contributed by atoms with Crippen LogP contribution in [0.15, 0.2) is 97.6 Å². The summed E-state index contributed by atoms with van der Waals surface area (Å²) in [5, 5.41) is 2.20. The molecular formula is C33H32O7. The van der Waals surface area contributed by atoms with Crippen molar-refractivity contribution in [3.05, 3.63) is 103 Å². The van der Waals surface area contributed by atoms with Crippen LogP contribution in [0.4, 0.5) is 0 Å². The average Bonchev–Trinajstić information content (AvgIpc) is 2.99. The fraction of sp³-hybridized carbons (Fsp3) is 0.212. The number of benzene rings is 4. The van der Waals surface area contributed by atoms with Crippen molar-refractivity contribution in [1.29, 1.82) is 0 Å². The molecule has 0 fully saturated rings. The summed E-state index contributed by atoms with van der Waals surface area (Å²) >= 11 is 0. The molecule has 0 aliphatic carbocycles. The Kier molecular flexibility index (Phi) is 10.3. The van der Waals surface area contributed by atoms with Crippen LogP contribution in [0, 0.1) is 0 Å². The van der Waals surface area contributed by atoms with E-state index in [-0.39, 0.29) is 6.61 Å². The fourth-order valence-electron chi connectivity index (χ4n) is 3.94. The second-order valence-electron chi connectivity index (χ2n) is 8.93. The van der Waals surface area contributed by atoms with Gasteiger partial charge in [0.2, 0.25) is 0 Å². The van der Waals surface area contributed by atoms with E-state index >= 15 is 0 Å². The molecule has 0 N–H and O–H groups in total. The van der Waals surface area contributed by atoms with Gasteiger partial charge in [-0.15, -0.1) is 0 Å². The van der Waals surface area contributed by atoms with Gasteiger partial charge in [-0.1, -0.05) is 36.9 Å². The van der Waals surface area contributed by atoms with E-state index in [1.165, 1.54) is 0 Å². The number of carbonyl (C=O) groups excluding carboxylic acids is 2. The molecule has 7 heteroatoms. The molecule has 0 aromatic heterocycles. The molecule has 0 atom stereocenters. The minimum atomic E-state index is -0.454. The Balaban J connectivity index is 1.29. The van der Waals surface area contributed by atoms with Crippen LogP contribution >= 0.6 is 0 Å². The van der Waals surface area contributed by atoms with Gasteiger partial charge in [0.25, 0.3) is 0 Å². The molecule has 4 rings (SSSR count). The van der Waals surface area contributed by atoms with E-state index in [0.29, 0.717) is 43.3 Å². The van der Waals surface area contributed by atoms with E-state index in [1.54, 1.807) is 43.5 Å². The van der Waals surface area contributed by atoms with Gasteiger partial charge in [-0.2, -0.15) is 0 Å². The van der Waals surface area contributed by atoms with Crippen molar-refractivity contribution in [3.63, 3.8) is 0 Å². The SMILES string of the molecule is C=CC(=O)OCCCOc1ccc(OC(=O)c2ccc(-c3ccc4cc(OCCCOC)ccc4c3)cc2)cc1. The van der Waals surface area contributed by atoms with Gasteiger partial charge in [0, 0.05) is 32.6 Å². The molecule has 0 amide bonds. The molecule has 206 valence electrons. The first kappa shape index (κ1) is 28.4. The molecule has 0 unspecified atom stereocenters. The summed E-state index contributed by atoms with van der Waals surface area (Å²) in [5.74, 6) is 0.980. The summed E-state index contributed by atoms with van der Waals surface area (Å²) in [5.41, 5.74) is 2.50. The molecule has 0 aliphatic heterocycles. The van der Waals surface area contributed by atoms with Gasteiger partial charge in [0.05, 0.1) is 25.4 Å². The zero-order chi connectivity index (χ0) is 28.2. The van der Waals surface area contributed by atoms with Crippen molar-refractivity contribution >= 4 is 22.7 Å². The Morgan fingerprint density at radius 1 is 0.675 bits per heavy atom. The lowest BCUT2D eigenvalue weighted by atomic mass is 10.00. The van der Waals surface area contributed by atoms with Gasteiger partial charge >= 0.3 is 11.9 Å². The molecule has 0 saturated heterocycles. The fourth-order valence-corrected chi connectivity index (χ4v) is 3.94. The number of rotatable bonds is 14. The third-order valence-electron chi connectivity index (χ3n) is 6.03. The molecule has 0 heterocycles. The van der Waals surface area contributed by atoms with Crippen molar-refractivity contribution in [2.45, 2.75) is 12.8 Å². The van der Waals surface area contributed by atoms with E-state index in [1.807, 2.05) is 30.3 Å². The van der Waals surface area contributed by atoms with Crippen LogP contribution in [0.5, 0.6) is 17.2 Å². The maximum absolute atomic E-state index is 12.7. The Morgan fingerprint density at radius 2 is 1.27 bits per heavy atom. The topological polar surface area (TPSA) is 80.3 Å². The van der Waals surface area contributed by atoms with Gasteiger partial charge in [-0.3, -0.25) is 0 Å². The van der Waals surface area contributed by atoms with Gasteiger partial charge in [-0.05, 0) is 76.5 Å². The molecule has 0 bridgehead atoms. The lowest BCUT2D eigenvalue weighted by Gasteiger charge is -2.09. The van der Waals surface area contributed by atoms with Crippen molar-refractivity contribution in [2.24, 2.45) is 0 Å². The van der Waals surface area contributed by atoms with E-state index in [4.69, 9.17) is 23.7 Å². The maximum atomic E-state index is 12.7. The first-order chi connectivity index (χ1) is 19.6. The minimum Gasteiger partial charge on any atom is -0.493 e. The van der Waals surface area contributed by atoms with E-state index in [0.717, 1.165) is 40.1 Å². The maximum Gasteiger partial charge on any atom is 0.343 e. The molecule has 0 radical (unpaired) electrons. The van der Waals surface area contributed by atoms with Gasteiger partial charge in [0.1, 0.15) is 17.2 Å². The van der Waals surface area contributed by atoms with Crippen LogP contribution in [-0.4, -0.2) is 45.5 Å². The summed E-state index contributed by atoms with van der Waals surface area (Å²) in [6, 6.07) is 26.4. The van der Waals surface area contributed by atoms with Crippen LogP contribution < -0.4 is 14.2 Å². The first-order valence-electron chi connectivity index (χ1n) is 13.1. The van der Waals surface area contributed by atoms with Crippen LogP contribution in [0.3, 0.4) is 0 Å². The second-order valence-corrected chi connectivity index (χ2v) is 8.93. The second kappa shape index (κ2) is 14.5. The molecule has 7 nitrogen and oxygen atoms in total. The number of carbonyl (C=O) groups is 2. The van der Waals surface area contributed by atoms with Crippen LogP contribution in [0.25, 0.3) is 21.9 Å². The third-order valence-corrected chi connectivity index (χ3v) is 6.03. The molecule has 40 heavy (non-hydrogen) atoms. The largest absolute Gasteiger partial charge is 0.493 e. The summed E-state index contributed by atoms with van der Waals surface area (Å²) in [6.45, 7) is 5.28. The lowest BCUT2D eigenvalue weighted by molar-refractivity contribution is -0.137. The lowest BCUT2D eigenvalue weighted by Crippen LogP contribution is -2.08. The summed E-state index contributed by atoms with van der Waals surface area (Å²) in [4.78, 5) is 23.7. The van der Waals surface area contributed by atoms with E-state index in [2.05, 4.69) is 24.8 Å². The number of methoxy groups -OCH3 is 1. The van der Waals surface area contributed by atoms with Crippen molar-refractivity contribution in [1.82, 2.24) is 0 Å². The van der Waals surface area contributed by atoms with Crippen molar-refractivity contribution < 1.29 is 33.3 Å². The molecular weight excluding hydrogens is 508 g/mol. The average molecular weight is 541 g/mol. The standard InChI is InChI=1S/C33H32O7/c1-3-32(34)39-21-5-20-37-29-14-16-30(17-15-29)40-33(35)25-8-6-24(7-9-25)26-10-11-28-23-31(13-12-27(28)22-26)38-19-4-18-36-2/h3,6-17,22-23H,1,4-5,18-21H2,2H3. The predicted octanol–water partition coefficient (Wildman–Crippen LogP) is 6.64. The Hall–Kier alpha value is -4.62. The molecule has 0 saturated carbocycles. The highest BCUT2D eigenvalue weighted by Crippen LogP contribution is 2.28. The zero-order valence-corrected chi connectivity index (χ0v) is 22.5. The van der Waals surface area contributed by atoms with Crippen molar-refractivity contribution in [3.8, 4) is 28.4 Å². The quantitative estimate of drug-likeness (QED) is 0.0768. The van der Waals surface area contributed by atoms with E-state index in [9.17, 15) is 9.59 Å². The van der Waals surface area contributed by atoms with Crippen LogP contribution in [-0.2, 0) is 14.3 Å². The normalized spacial score (nSPS) is 10.6. The highest BCUT2D eigenvalue weighted by atomic mass is 16.5. The third kappa shape index (κ3) is 8.19. The molecule has 4 aromatic carbocycles. The van der Waals surface area contributed by atoms with E-state index < -0.39 is 11.9 Å². The smallest absolute Gasteiger partial charge is 0.343 e. The molecule has 0 spiro atoms. The van der Waals surface area contributed by atoms with Gasteiger partial charge < -0.3 is 23.7 Å². The minimum absolute atomic E-state index is 0.256. The Morgan fingerprint density at radius 3 is 2.00 bits per heavy atom. The summed E-state index contributed by atoms with van der Waals surface area (Å²) in [6.07, 6.45) is 2.52. The Labute approximate surface area is 233 Å². The van der Waals surface area contributed by atoms with Gasteiger partial charge in [0.15, 0.2) is 0 Å². The highest BCUT2D eigenvalue weighted by Gasteiger charge is 2.10. The summed E-state index contributed by atoms with van der Waals surface area (Å²) in [7, 11) is 1.68. The number of fused-ring (bicyclic) bond motifs is 1. The number of ether oxygens (including phenoxy) is 5. The van der Waals surface area contributed by atoms with Crippen LogP contribution in [0.2, 0.25) is 0 Å². The van der Waals surface area contributed by atoms with Crippen molar-refractivity contribution in [2.75, 3.05) is 33.5 Å². The number of hydrogen-bond acceptors (Lipinski definition) is 7.